The standard InChI is InChI=1S/C11H10FIN2S.H3N/c12-7-1-2-11-8(5-7)9-6-14-4-3-10(9)15(13)16-11;/h1-2,5,14H,3-4,6H2;1H3. The summed E-state index contributed by atoms with van der Waals surface area (Å²) in [5, 5.41) is 3.35. The maximum Gasteiger partial charge on any atom is 0.123 e. The van der Waals surface area contributed by atoms with Gasteiger partial charge in [0.2, 0.25) is 0 Å². The Balaban J connectivity index is 0.00000108. The zero-order valence-corrected chi connectivity index (χ0v) is 12.1. The van der Waals surface area contributed by atoms with Gasteiger partial charge in [-0.05, 0) is 41.3 Å². The van der Waals surface area contributed by atoms with Crippen LogP contribution in [-0.4, -0.2) is 15.6 Å². The van der Waals surface area contributed by atoms with Crippen molar-refractivity contribution < 1.29 is 4.39 Å². The minimum atomic E-state index is -0.154. The van der Waals surface area contributed by atoms with Gasteiger partial charge in [-0.2, -0.15) is 0 Å². The maximum atomic E-state index is 13.3. The molecule has 0 amide bonds. The minimum Gasteiger partial charge on any atom is -0.344 e. The number of nitrogens with one attached hydrogen (secondary N) is 1. The molecule has 1 aromatic carbocycles. The summed E-state index contributed by atoms with van der Waals surface area (Å²) in [5.41, 5.74) is 3.62. The molecule has 2 aliphatic rings. The van der Waals surface area contributed by atoms with E-state index in [1.807, 2.05) is 6.07 Å². The molecule has 0 radical (unpaired) electrons. The Kier molecular flexibility index (Phi) is 3.96. The highest BCUT2D eigenvalue weighted by molar-refractivity contribution is 14.1. The summed E-state index contributed by atoms with van der Waals surface area (Å²) in [6.07, 6.45) is 1.02. The third-order valence-corrected chi connectivity index (χ3v) is 4.95. The molecule has 0 atom stereocenters. The van der Waals surface area contributed by atoms with Crippen molar-refractivity contribution in [3.05, 3.63) is 35.3 Å². The molecule has 0 saturated heterocycles. The molecule has 0 aliphatic carbocycles. The van der Waals surface area contributed by atoms with E-state index >= 15 is 0 Å². The van der Waals surface area contributed by atoms with E-state index in [2.05, 4.69) is 30.7 Å². The number of hydrogen-bond acceptors (Lipinski definition) is 4. The van der Waals surface area contributed by atoms with Gasteiger partial charge in [0.25, 0.3) is 0 Å². The van der Waals surface area contributed by atoms with Crippen LogP contribution in [0, 0.1) is 5.82 Å². The molecular formula is C11H13FIN3S. The van der Waals surface area contributed by atoms with Crippen LogP contribution in [0.1, 0.15) is 12.0 Å². The quantitative estimate of drug-likeness (QED) is 0.421. The zero-order chi connectivity index (χ0) is 11.1. The van der Waals surface area contributed by atoms with E-state index in [-0.39, 0.29) is 12.0 Å². The van der Waals surface area contributed by atoms with Crippen LogP contribution in [0.4, 0.5) is 4.39 Å². The predicted molar refractivity (Wildman–Crippen MR) is 77.5 cm³/mol. The lowest BCUT2D eigenvalue weighted by molar-refractivity contribution is 0.623. The molecule has 0 aromatic heterocycles. The van der Waals surface area contributed by atoms with Crippen molar-refractivity contribution >= 4 is 40.4 Å². The van der Waals surface area contributed by atoms with Crippen LogP contribution in [0.5, 0.6) is 0 Å². The van der Waals surface area contributed by atoms with Gasteiger partial charge in [0, 0.05) is 30.1 Å². The Morgan fingerprint density at radius 2 is 2.24 bits per heavy atom. The Labute approximate surface area is 118 Å². The molecule has 4 N–H and O–H groups in total. The van der Waals surface area contributed by atoms with Crippen LogP contribution >= 0.6 is 34.8 Å². The molecule has 3 nitrogen and oxygen atoms in total. The summed E-state index contributed by atoms with van der Waals surface area (Å²) >= 11 is 3.99. The normalized spacial score (nSPS) is 18.4. The highest BCUT2D eigenvalue weighted by Crippen LogP contribution is 2.44. The number of nitrogens with zero attached hydrogens (tertiary/aromatic N) is 1. The monoisotopic (exact) mass is 365 g/mol. The summed E-state index contributed by atoms with van der Waals surface area (Å²) in [6, 6.07) is 5.03. The molecule has 0 unspecified atom stereocenters. The number of benzene rings is 1. The largest absolute Gasteiger partial charge is 0.344 e. The van der Waals surface area contributed by atoms with E-state index in [4.69, 9.17) is 0 Å². The lowest BCUT2D eigenvalue weighted by Gasteiger charge is -2.32. The van der Waals surface area contributed by atoms with Gasteiger partial charge in [0.1, 0.15) is 5.82 Å². The Bertz CT molecular complexity index is 478. The fraction of sp³-hybridized carbons (Fsp3) is 0.273. The van der Waals surface area contributed by atoms with Crippen molar-refractivity contribution in [1.29, 1.82) is 0 Å². The Hall–Kier alpha value is -0.310. The molecule has 3 rings (SSSR count). The van der Waals surface area contributed by atoms with Crippen LogP contribution in [0.15, 0.2) is 28.8 Å². The molecule has 0 fully saturated rings. The summed E-state index contributed by atoms with van der Waals surface area (Å²) in [6.45, 7) is 1.84. The number of hydrogen-bond donors (Lipinski definition) is 2. The Morgan fingerprint density at radius 1 is 1.41 bits per heavy atom. The van der Waals surface area contributed by atoms with Gasteiger partial charge in [-0.25, -0.2) is 4.39 Å². The van der Waals surface area contributed by atoms with Crippen molar-refractivity contribution in [2.45, 2.75) is 11.3 Å². The predicted octanol–water partition coefficient (Wildman–Crippen LogP) is 3.36. The zero-order valence-electron chi connectivity index (χ0n) is 9.17. The molecule has 0 saturated carbocycles. The van der Waals surface area contributed by atoms with Crippen LogP contribution in [0.25, 0.3) is 5.57 Å². The Morgan fingerprint density at radius 3 is 3.06 bits per heavy atom. The van der Waals surface area contributed by atoms with Crippen molar-refractivity contribution in [1.82, 2.24) is 14.0 Å². The lowest BCUT2D eigenvalue weighted by Crippen LogP contribution is -2.29. The summed E-state index contributed by atoms with van der Waals surface area (Å²) in [4.78, 5) is 1.14. The van der Waals surface area contributed by atoms with E-state index in [0.29, 0.717) is 0 Å². The fourth-order valence-corrected chi connectivity index (χ4v) is 4.14. The number of rotatable bonds is 0. The molecular weight excluding hydrogens is 352 g/mol. The van der Waals surface area contributed by atoms with E-state index < -0.39 is 0 Å². The van der Waals surface area contributed by atoms with Gasteiger partial charge in [0.05, 0.1) is 22.9 Å². The molecule has 17 heavy (non-hydrogen) atoms. The van der Waals surface area contributed by atoms with Gasteiger partial charge in [-0.3, -0.25) is 2.52 Å². The van der Waals surface area contributed by atoms with E-state index in [1.54, 1.807) is 18.0 Å². The van der Waals surface area contributed by atoms with Gasteiger partial charge in [0.15, 0.2) is 0 Å². The van der Waals surface area contributed by atoms with Crippen molar-refractivity contribution in [2.24, 2.45) is 0 Å². The first-order valence-corrected chi connectivity index (χ1v) is 6.86. The van der Waals surface area contributed by atoms with Gasteiger partial charge in [-0.1, -0.05) is 0 Å². The van der Waals surface area contributed by atoms with Crippen LogP contribution in [-0.2, 0) is 0 Å². The second-order valence-electron chi connectivity index (χ2n) is 3.83. The number of fused-ring (bicyclic) bond motifs is 2. The van der Waals surface area contributed by atoms with Gasteiger partial charge in [-0.15, -0.1) is 0 Å². The summed E-state index contributed by atoms with van der Waals surface area (Å²) < 4.78 is 15.5. The first-order chi connectivity index (χ1) is 7.75. The SMILES string of the molecule is Fc1ccc2c(c1)C1=C(CCNC1)N(I)S2.N. The van der Waals surface area contributed by atoms with Crippen LogP contribution < -0.4 is 11.5 Å². The highest BCUT2D eigenvalue weighted by Gasteiger charge is 2.26. The van der Waals surface area contributed by atoms with E-state index in [1.165, 1.54) is 17.3 Å². The molecule has 6 heteroatoms. The fourth-order valence-electron chi connectivity index (χ4n) is 2.08. The number of halogens is 2. The molecule has 1 aromatic rings. The van der Waals surface area contributed by atoms with Crippen LogP contribution in [0.2, 0.25) is 0 Å². The second-order valence-corrected chi connectivity index (χ2v) is 6.44. The highest BCUT2D eigenvalue weighted by atomic mass is 127. The average Bonchev–Trinajstić information content (AvgIpc) is 2.31. The van der Waals surface area contributed by atoms with E-state index in [9.17, 15) is 4.39 Å². The third kappa shape index (κ3) is 2.31. The maximum absolute atomic E-state index is 13.3. The van der Waals surface area contributed by atoms with Crippen LogP contribution in [0.3, 0.4) is 0 Å². The van der Waals surface area contributed by atoms with E-state index in [0.717, 1.165) is 30.0 Å². The molecule has 2 aliphatic heterocycles. The van der Waals surface area contributed by atoms with Gasteiger partial charge >= 0.3 is 0 Å². The summed E-state index contributed by atoms with van der Waals surface area (Å²) in [7, 11) is 0. The topological polar surface area (TPSA) is 50.3 Å². The summed E-state index contributed by atoms with van der Waals surface area (Å²) in [5.74, 6) is -0.154. The molecule has 0 bridgehead atoms. The second kappa shape index (κ2) is 5.13. The molecule has 2 heterocycles. The smallest absolute Gasteiger partial charge is 0.123 e. The lowest BCUT2D eigenvalue weighted by atomic mass is 9.99. The first-order valence-electron chi connectivity index (χ1n) is 5.12. The third-order valence-electron chi connectivity index (χ3n) is 2.85. The first kappa shape index (κ1) is 13.1. The van der Waals surface area contributed by atoms with Crippen molar-refractivity contribution in [3.8, 4) is 0 Å². The van der Waals surface area contributed by atoms with Crippen molar-refractivity contribution in [2.75, 3.05) is 13.1 Å². The van der Waals surface area contributed by atoms with Crippen molar-refractivity contribution in [3.63, 3.8) is 0 Å². The molecule has 0 spiro atoms. The van der Waals surface area contributed by atoms with Gasteiger partial charge < -0.3 is 11.5 Å². The average molecular weight is 365 g/mol. The molecule has 92 valence electrons. The minimum absolute atomic E-state index is 0.